The maximum Gasteiger partial charge on any atom is 0.359 e. The fraction of sp³-hybridized carbons (Fsp3) is 0.296. The maximum atomic E-state index is 12.8. The number of nitrogens with zero attached hydrogens (tertiary/aromatic N) is 3. The van der Waals surface area contributed by atoms with Crippen molar-refractivity contribution in [2.24, 2.45) is 0 Å². The van der Waals surface area contributed by atoms with Crippen molar-refractivity contribution in [2.45, 2.75) is 32.9 Å². The van der Waals surface area contributed by atoms with Crippen LogP contribution in [0.4, 0.5) is 0 Å². The molecule has 0 aliphatic carbocycles. The van der Waals surface area contributed by atoms with E-state index in [4.69, 9.17) is 9.47 Å². The zero-order chi connectivity index (χ0) is 23.9. The molecule has 1 aliphatic heterocycles. The molecule has 0 radical (unpaired) electrons. The van der Waals surface area contributed by atoms with Crippen LogP contribution in [0.15, 0.2) is 54.6 Å². The molecule has 4 rings (SSSR count). The number of carbonyl (C=O) groups is 2. The molecule has 0 bridgehead atoms. The molecule has 0 fully saturated rings. The number of aromatic nitrogens is 2. The Bertz CT molecular complexity index is 1220. The second-order valence-electron chi connectivity index (χ2n) is 7.91. The molecule has 7 nitrogen and oxygen atoms in total. The Hall–Kier alpha value is -4.05. The van der Waals surface area contributed by atoms with Gasteiger partial charge in [0.15, 0.2) is 5.69 Å². The minimum absolute atomic E-state index is 0.261. The first-order valence-corrected chi connectivity index (χ1v) is 11.3. The van der Waals surface area contributed by atoms with Gasteiger partial charge in [0, 0.05) is 42.3 Å². The fourth-order valence-corrected chi connectivity index (χ4v) is 3.97. The Kier molecular flexibility index (Phi) is 7.28. The Labute approximate surface area is 199 Å². The molecule has 2 aromatic carbocycles. The van der Waals surface area contributed by atoms with Gasteiger partial charge in [-0.3, -0.25) is 9.48 Å². The van der Waals surface area contributed by atoms with Gasteiger partial charge in [0.05, 0.1) is 20.3 Å². The smallest absolute Gasteiger partial charge is 0.359 e. The highest BCUT2D eigenvalue weighted by molar-refractivity contribution is 5.95. The van der Waals surface area contributed by atoms with Crippen molar-refractivity contribution < 1.29 is 19.1 Å². The van der Waals surface area contributed by atoms with Gasteiger partial charge in [0.2, 0.25) is 0 Å². The largest absolute Gasteiger partial charge is 0.497 e. The molecule has 0 unspecified atom stereocenters. The lowest BCUT2D eigenvalue weighted by molar-refractivity contribution is -0.126. The summed E-state index contributed by atoms with van der Waals surface area (Å²) in [7, 11) is 1.64. The molecule has 0 saturated heterocycles. The quantitative estimate of drug-likeness (QED) is 0.420. The summed E-state index contributed by atoms with van der Waals surface area (Å²) in [6.07, 6.45) is 1.36. The molecule has 2 heterocycles. The fourth-order valence-electron chi connectivity index (χ4n) is 3.97. The van der Waals surface area contributed by atoms with E-state index in [0.717, 1.165) is 34.6 Å². The predicted molar refractivity (Wildman–Crippen MR) is 127 cm³/mol. The summed E-state index contributed by atoms with van der Waals surface area (Å²) >= 11 is 0. The monoisotopic (exact) mass is 457 g/mol. The molecular formula is C27H27N3O4. The van der Waals surface area contributed by atoms with Crippen molar-refractivity contribution in [2.75, 3.05) is 20.3 Å². The maximum absolute atomic E-state index is 12.8. The Morgan fingerprint density at radius 1 is 1.09 bits per heavy atom. The van der Waals surface area contributed by atoms with E-state index in [1.165, 1.54) is 0 Å². The standard InChI is InChI=1S/C27H27N3O4/c1-3-34-27(32)26-23-19-29(25(31)14-11-20-7-5-4-6-8-20)17-16-24(23)30(28-26)18-15-21-9-12-22(33-2)13-10-21/h4-10,12-13H,3,15-19H2,1-2H3. The number of aryl methyl sites for hydroxylation is 2. The van der Waals surface area contributed by atoms with Crippen LogP contribution < -0.4 is 4.74 Å². The molecular weight excluding hydrogens is 430 g/mol. The van der Waals surface area contributed by atoms with Crippen molar-refractivity contribution in [3.05, 3.63) is 82.7 Å². The Morgan fingerprint density at radius 3 is 2.56 bits per heavy atom. The third kappa shape index (κ3) is 5.29. The van der Waals surface area contributed by atoms with Crippen LogP contribution in [0.2, 0.25) is 0 Å². The molecule has 0 atom stereocenters. The van der Waals surface area contributed by atoms with Crippen LogP contribution in [-0.2, 0) is 35.5 Å². The zero-order valence-corrected chi connectivity index (χ0v) is 19.4. The second-order valence-corrected chi connectivity index (χ2v) is 7.91. The van der Waals surface area contributed by atoms with Crippen molar-refractivity contribution in [1.82, 2.24) is 14.7 Å². The molecule has 7 heteroatoms. The Balaban J connectivity index is 1.53. The van der Waals surface area contributed by atoms with E-state index in [1.807, 2.05) is 59.3 Å². The average molecular weight is 458 g/mol. The van der Waals surface area contributed by atoms with Gasteiger partial charge in [-0.15, -0.1) is 0 Å². The molecule has 1 aromatic heterocycles. The molecule has 1 aliphatic rings. The molecule has 34 heavy (non-hydrogen) atoms. The van der Waals surface area contributed by atoms with Crippen molar-refractivity contribution >= 4 is 11.9 Å². The van der Waals surface area contributed by atoms with Gasteiger partial charge in [0.1, 0.15) is 5.75 Å². The first-order valence-electron chi connectivity index (χ1n) is 11.3. The number of methoxy groups -OCH3 is 1. The van der Waals surface area contributed by atoms with Crippen molar-refractivity contribution in [3.63, 3.8) is 0 Å². The number of carbonyl (C=O) groups excluding carboxylic acids is 2. The molecule has 0 saturated carbocycles. The van der Waals surface area contributed by atoms with Gasteiger partial charge in [0.25, 0.3) is 5.91 Å². The molecule has 174 valence electrons. The van der Waals surface area contributed by atoms with E-state index in [1.54, 1.807) is 18.9 Å². The molecule has 0 N–H and O–H groups in total. The van der Waals surface area contributed by atoms with Gasteiger partial charge in [-0.05, 0) is 43.2 Å². The molecule has 0 spiro atoms. The topological polar surface area (TPSA) is 73.7 Å². The highest BCUT2D eigenvalue weighted by Crippen LogP contribution is 2.24. The highest BCUT2D eigenvalue weighted by atomic mass is 16.5. The summed E-state index contributed by atoms with van der Waals surface area (Å²) in [4.78, 5) is 27.0. The third-order valence-corrected chi connectivity index (χ3v) is 5.75. The van der Waals surface area contributed by atoms with Gasteiger partial charge in [-0.25, -0.2) is 4.79 Å². The summed E-state index contributed by atoms with van der Waals surface area (Å²) < 4.78 is 12.3. The normalized spacial score (nSPS) is 12.4. The second kappa shape index (κ2) is 10.7. The van der Waals surface area contributed by atoms with Crippen LogP contribution in [0, 0.1) is 11.8 Å². The van der Waals surface area contributed by atoms with E-state index >= 15 is 0 Å². The van der Waals surface area contributed by atoms with Crippen LogP contribution in [-0.4, -0.2) is 46.8 Å². The summed E-state index contributed by atoms with van der Waals surface area (Å²) in [5.41, 5.74) is 3.92. The van der Waals surface area contributed by atoms with E-state index in [-0.39, 0.29) is 24.8 Å². The number of amides is 1. The lowest BCUT2D eigenvalue weighted by Crippen LogP contribution is -2.36. The summed E-state index contributed by atoms with van der Waals surface area (Å²) in [6.45, 7) is 3.45. The first kappa shape index (κ1) is 23.1. The number of esters is 1. The van der Waals surface area contributed by atoms with Gasteiger partial charge >= 0.3 is 5.97 Å². The number of rotatable bonds is 6. The summed E-state index contributed by atoms with van der Waals surface area (Å²) in [5, 5.41) is 4.59. The van der Waals surface area contributed by atoms with Crippen LogP contribution in [0.5, 0.6) is 5.75 Å². The number of fused-ring (bicyclic) bond motifs is 1. The van der Waals surface area contributed by atoms with Crippen LogP contribution in [0.3, 0.4) is 0 Å². The van der Waals surface area contributed by atoms with Gasteiger partial charge in [-0.1, -0.05) is 36.3 Å². The van der Waals surface area contributed by atoms with Crippen molar-refractivity contribution in [3.8, 4) is 17.6 Å². The number of hydrogen-bond donors (Lipinski definition) is 0. The zero-order valence-electron chi connectivity index (χ0n) is 19.4. The number of hydrogen-bond acceptors (Lipinski definition) is 5. The van der Waals surface area contributed by atoms with Crippen LogP contribution in [0.1, 0.15) is 39.8 Å². The molecule has 1 amide bonds. The minimum Gasteiger partial charge on any atom is -0.497 e. The minimum atomic E-state index is -0.466. The summed E-state index contributed by atoms with van der Waals surface area (Å²) in [5.74, 6) is 5.71. The average Bonchev–Trinajstić information content (AvgIpc) is 3.25. The van der Waals surface area contributed by atoms with E-state index < -0.39 is 5.97 Å². The predicted octanol–water partition coefficient (Wildman–Crippen LogP) is 3.25. The lowest BCUT2D eigenvalue weighted by Gasteiger charge is -2.26. The van der Waals surface area contributed by atoms with Gasteiger partial charge < -0.3 is 14.4 Å². The number of benzene rings is 2. The van der Waals surface area contributed by atoms with Crippen molar-refractivity contribution in [1.29, 1.82) is 0 Å². The third-order valence-electron chi connectivity index (χ3n) is 5.75. The molecule has 3 aromatic rings. The first-order chi connectivity index (χ1) is 16.6. The highest BCUT2D eigenvalue weighted by Gasteiger charge is 2.30. The van der Waals surface area contributed by atoms with E-state index in [2.05, 4.69) is 16.9 Å². The lowest BCUT2D eigenvalue weighted by atomic mass is 10.0. The Morgan fingerprint density at radius 2 is 1.85 bits per heavy atom. The van der Waals surface area contributed by atoms with E-state index in [9.17, 15) is 9.59 Å². The van der Waals surface area contributed by atoms with Crippen LogP contribution >= 0.6 is 0 Å². The number of ether oxygens (including phenoxy) is 2. The SMILES string of the molecule is CCOC(=O)c1nn(CCc2ccc(OC)cc2)c2c1CN(C(=O)C#Cc1ccccc1)CC2. The van der Waals surface area contributed by atoms with Crippen LogP contribution in [0.25, 0.3) is 0 Å². The summed E-state index contributed by atoms with van der Waals surface area (Å²) in [6, 6.07) is 17.3. The van der Waals surface area contributed by atoms with E-state index in [0.29, 0.717) is 19.5 Å². The van der Waals surface area contributed by atoms with Gasteiger partial charge in [-0.2, -0.15) is 5.10 Å².